The summed E-state index contributed by atoms with van der Waals surface area (Å²) in [4.78, 5) is 18.8. The molecule has 164 valence electrons. The van der Waals surface area contributed by atoms with Gasteiger partial charge in [-0.2, -0.15) is 0 Å². The molecule has 0 bridgehead atoms. The minimum atomic E-state index is -0.470. The first-order valence-electron chi connectivity index (χ1n) is 10.4. The van der Waals surface area contributed by atoms with Crippen LogP contribution in [0.15, 0.2) is 9.21 Å². The molecule has 2 saturated heterocycles. The maximum Gasteiger partial charge on any atom is 0.410 e. The summed E-state index contributed by atoms with van der Waals surface area (Å²) in [7, 11) is 0. The van der Waals surface area contributed by atoms with E-state index in [4.69, 9.17) is 19.2 Å². The molecule has 0 aromatic carbocycles. The van der Waals surface area contributed by atoms with E-state index in [9.17, 15) is 4.79 Å². The van der Waals surface area contributed by atoms with Gasteiger partial charge in [-0.15, -0.1) is 0 Å². The van der Waals surface area contributed by atoms with Crippen molar-refractivity contribution in [1.82, 2.24) is 14.5 Å². The SMILES string of the molecule is CC(C)(C)OC(=O)N1CCC(c2nc(Br)c(Br)n2CCOC2CCCCO2)CC1. The van der Waals surface area contributed by atoms with Crippen LogP contribution in [0.4, 0.5) is 4.79 Å². The number of ether oxygens (including phenoxy) is 3. The average molecular weight is 537 g/mol. The van der Waals surface area contributed by atoms with E-state index < -0.39 is 5.60 Å². The molecule has 1 unspecified atom stereocenters. The summed E-state index contributed by atoms with van der Waals surface area (Å²) in [6, 6.07) is 0. The van der Waals surface area contributed by atoms with Gasteiger partial charge in [0.2, 0.25) is 0 Å². The Bertz CT molecular complexity index is 691. The number of hydrogen-bond acceptors (Lipinski definition) is 5. The largest absolute Gasteiger partial charge is 0.444 e. The van der Waals surface area contributed by atoms with Crippen LogP contribution in [0.5, 0.6) is 0 Å². The molecular weight excluding hydrogens is 506 g/mol. The van der Waals surface area contributed by atoms with E-state index in [1.165, 1.54) is 0 Å². The molecule has 2 aliphatic rings. The van der Waals surface area contributed by atoms with Crippen LogP contribution in [0.1, 0.15) is 64.6 Å². The highest BCUT2D eigenvalue weighted by atomic mass is 79.9. The van der Waals surface area contributed by atoms with Crippen molar-refractivity contribution in [2.24, 2.45) is 0 Å². The fourth-order valence-electron chi connectivity index (χ4n) is 3.71. The Morgan fingerprint density at radius 1 is 1.21 bits per heavy atom. The molecule has 2 aliphatic heterocycles. The number of carbonyl (C=O) groups is 1. The van der Waals surface area contributed by atoms with Gasteiger partial charge in [-0.1, -0.05) is 0 Å². The van der Waals surface area contributed by atoms with Gasteiger partial charge in [0.15, 0.2) is 6.29 Å². The molecule has 29 heavy (non-hydrogen) atoms. The number of amides is 1. The van der Waals surface area contributed by atoms with E-state index in [1.54, 1.807) is 4.90 Å². The fraction of sp³-hybridized carbons (Fsp3) is 0.800. The number of aromatic nitrogens is 2. The number of nitrogens with zero attached hydrogens (tertiary/aromatic N) is 3. The summed E-state index contributed by atoms with van der Waals surface area (Å²) in [5.41, 5.74) is -0.470. The van der Waals surface area contributed by atoms with Gasteiger partial charge in [-0.3, -0.25) is 0 Å². The molecular formula is C20H31Br2N3O4. The van der Waals surface area contributed by atoms with Crippen molar-refractivity contribution in [3.8, 4) is 0 Å². The minimum absolute atomic E-state index is 0.0880. The molecule has 1 amide bonds. The molecule has 0 aliphatic carbocycles. The Morgan fingerprint density at radius 3 is 2.55 bits per heavy atom. The van der Waals surface area contributed by atoms with Gasteiger partial charge >= 0.3 is 6.09 Å². The number of carbonyl (C=O) groups excluding carboxylic acids is 1. The lowest BCUT2D eigenvalue weighted by atomic mass is 9.96. The lowest BCUT2D eigenvalue weighted by Crippen LogP contribution is -2.41. The second-order valence-electron chi connectivity index (χ2n) is 8.61. The van der Waals surface area contributed by atoms with Gasteiger partial charge in [0.1, 0.15) is 20.6 Å². The zero-order chi connectivity index (χ0) is 21.0. The van der Waals surface area contributed by atoms with E-state index in [1.807, 2.05) is 20.8 Å². The van der Waals surface area contributed by atoms with E-state index >= 15 is 0 Å². The van der Waals surface area contributed by atoms with E-state index in [-0.39, 0.29) is 12.4 Å². The van der Waals surface area contributed by atoms with Crippen molar-refractivity contribution >= 4 is 38.0 Å². The highest BCUT2D eigenvalue weighted by molar-refractivity contribution is 9.13. The van der Waals surface area contributed by atoms with E-state index in [0.717, 1.165) is 53.7 Å². The molecule has 2 fully saturated rings. The summed E-state index contributed by atoms with van der Waals surface area (Å²) >= 11 is 7.19. The molecule has 3 rings (SSSR count). The van der Waals surface area contributed by atoms with E-state index in [0.29, 0.717) is 32.2 Å². The van der Waals surface area contributed by atoms with Crippen molar-refractivity contribution in [2.75, 3.05) is 26.3 Å². The Balaban J connectivity index is 1.56. The summed E-state index contributed by atoms with van der Waals surface area (Å²) in [6.45, 7) is 9.10. The predicted molar refractivity (Wildman–Crippen MR) is 117 cm³/mol. The van der Waals surface area contributed by atoms with Crippen LogP contribution < -0.4 is 0 Å². The third-order valence-electron chi connectivity index (χ3n) is 5.16. The summed E-state index contributed by atoms with van der Waals surface area (Å²) in [5.74, 6) is 1.32. The van der Waals surface area contributed by atoms with Crippen molar-refractivity contribution < 1.29 is 19.0 Å². The molecule has 0 spiro atoms. The first-order valence-corrected chi connectivity index (χ1v) is 12.0. The maximum atomic E-state index is 12.3. The first kappa shape index (κ1) is 23.0. The van der Waals surface area contributed by atoms with E-state index in [2.05, 4.69) is 36.4 Å². The molecule has 3 heterocycles. The quantitative estimate of drug-likeness (QED) is 0.526. The number of hydrogen-bond donors (Lipinski definition) is 0. The van der Waals surface area contributed by atoms with Crippen LogP contribution in [0, 0.1) is 0 Å². The molecule has 0 N–H and O–H groups in total. The van der Waals surface area contributed by atoms with Crippen LogP contribution in [0.25, 0.3) is 0 Å². The molecule has 0 saturated carbocycles. The van der Waals surface area contributed by atoms with Crippen molar-refractivity contribution in [3.05, 3.63) is 15.0 Å². The van der Waals surface area contributed by atoms with Gasteiger partial charge in [-0.05, 0) is 84.7 Å². The second-order valence-corrected chi connectivity index (χ2v) is 10.1. The molecule has 9 heteroatoms. The number of piperidine rings is 1. The zero-order valence-corrected chi connectivity index (χ0v) is 20.6. The van der Waals surface area contributed by atoms with Gasteiger partial charge in [0.05, 0.1) is 6.61 Å². The van der Waals surface area contributed by atoms with Crippen LogP contribution >= 0.6 is 31.9 Å². The number of likely N-dealkylation sites (tertiary alicyclic amines) is 1. The van der Waals surface area contributed by atoms with Crippen molar-refractivity contribution in [3.63, 3.8) is 0 Å². The third-order valence-corrected chi connectivity index (χ3v) is 7.05. The number of halogens is 2. The Kier molecular flexibility index (Phi) is 8.03. The molecule has 1 aromatic heterocycles. The van der Waals surface area contributed by atoms with Crippen molar-refractivity contribution in [1.29, 1.82) is 0 Å². The average Bonchev–Trinajstić information content (AvgIpc) is 2.96. The molecule has 1 aromatic rings. The second kappa shape index (κ2) is 10.1. The molecule has 1 atom stereocenters. The van der Waals surface area contributed by atoms with Crippen LogP contribution in [0.3, 0.4) is 0 Å². The number of rotatable bonds is 5. The van der Waals surface area contributed by atoms with Crippen LogP contribution in [-0.2, 0) is 20.8 Å². The smallest absolute Gasteiger partial charge is 0.410 e. The van der Waals surface area contributed by atoms with Gasteiger partial charge in [0, 0.05) is 32.2 Å². The highest BCUT2D eigenvalue weighted by Gasteiger charge is 2.30. The fourth-order valence-corrected chi connectivity index (χ4v) is 4.55. The van der Waals surface area contributed by atoms with Crippen LogP contribution in [0.2, 0.25) is 0 Å². The Labute approximate surface area is 189 Å². The Morgan fingerprint density at radius 2 is 1.93 bits per heavy atom. The summed E-state index contributed by atoms with van der Waals surface area (Å²) in [5, 5.41) is 0. The molecule has 0 radical (unpaired) electrons. The summed E-state index contributed by atoms with van der Waals surface area (Å²) in [6.07, 6.45) is 4.64. The topological polar surface area (TPSA) is 65.8 Å². The maximum absolute atomic E-state index is 12.3. The molecule has 7 nitrogen and oxygen atoms in total. The predicted octanol–water partition coefficient (Wildman–Crippen LogP) is 5.07. The lowest BCUT2D eigenvalue weighted by Gasteiger charge is -2.33. The lowest BCUT2D eigenvalue weighted by molar-refractivity contribution is -0.163. The summed E-state index contributed by atoms with van der Waals surface area (Å²) < 4.78 is 21.0. The normalized spacial score (nSPS) is 21.4. The van der Waals surface area contributed by atoms with Crippen molar-refractivity contribution in [2.45, 2.75) is 77.2 Å². The minimum Gasteiger partial charge on any atom is -0.444 e. The van der Waals surface area contributed by atoms with Gasteiger partial charge < -0.3 is 23.7 Å². The Hall–Kier alpha value is -0.640. The number of imidazole rings is 1. The van der Waals surface area contributed by atoms with Gasteiger partial charge in [-0.25, -0.2) is 9.78 Å². The highest BCUT2D eigenvalue weighted by Crippen LogP contribution is 2.33. The zero-order valence-electron chi connectivity index (χ0n) is 17.5. The monoisotopic (exact) mass is 535 g/mol. The first-order chi connectivity index (χ1) is 13.7. The van der Waals surface area contributed by atoms with Crippen LogP contribution in [-0.4, -0.2) is 58.7 Å². The van der Waals surface area contributed by atoms with Gasteiger partial charge in [0.25, 0.3) is 0 Å². The standard InChI is InChI=1S/C20H31Br2N3O4/c1-20(2,3)29-19(26)24-9-7-14(8-10-24)18-23-16(21)17(22)25(18)11-13-28-15-6-4-5-12-27-15/h14-15H,4-13H2,1-3H3. The third kappa shape index (κ3) is 6.42.